The molecule has 0 bridgehead atoms. The zero-order chi connectivity index (χ0) is 12.9. The molecule has 0 saturated carbocycles. The van der Waals surface area contributed by atoms with Gasteiger partial charge in [-0.2, -0.15) is 0 Å². The number of carbonyl (C=O) groups is 1. The Morgan fingerprint density at radius 3 is 2.41 bits per heavy atom. The largest absolute Gasteiger partial charge is 0.465 e. The van der Waals surface area contributed by atoms with Gasteiger partial charge in [0.25, 0.3) is 0 Å². The maximum absolute atomic E-state index is 11.1. The fourth-order valence-electron chi connectivity index (χ4n) is 2.43. The van der Waals surface area contributed by atoms with Crippen LogP contribution in [-0.4, -0.2) is 41.3 Å². The van der Waals surface area contributed by atoms with E-state index in [-0.39, 0.29) is 5.54 Å². The molecule has 0 unspecified atom stereocenters. The third-order valence-corrected chi connectivity index (χ3v) is 3.49. The lowest BCUT2D eigenvalue weighted by molar-refractivity contribution is 0.0976. The first-order chi connectivity index (χ1) is 7.91. The van der Waals surface area contributed by atoms with Crippen LogP contribution >= 0.6 is 0 Å². The van der Waals surface area contributed by atoms with E-state index in [4.69, 9.17) is 5.11 Å². The van der Waals surface area contributed by atoms with Gasteiger partial charge >= 0.3 is 6.09 Å². The van der Waals surface area contributed by atoms with E-state index in [0.717, 1.165) is 31.8 Å². The quantitative estimate of drug-likeness (QED) is 0.796. The molecular formula is C13H26N2O2. The monoisotopic (exact) mass is 242 g/mol. The fraction of sp³-hybridized carbons (Fsp3) is 0.923. The minimum Gasteiger partial charge on any atom is -0.465 e. The highest BCUT2D eigenvalue weighted by Crippen LogP contribution is 2.20. The van der Waals surface area contributed by atoms with Crippen molar-refractivity contribution < 1.29 is 9.90 Å². The predicted molar refractivity (Wildman–Crippen MR) is 69.3 cm³/mol. The average molecular weight is 242 g/mol. The molecule has 1 saturated heterocycles. The Labute approximate surface area is 104 Å². The van der Waals surface area contributed by atoms with Crippen LogP contribution in [0.3, 0.4) is 0 Å². The zero-order valence-electron chi connectivity index (χ0n) is 11.3. The Balaban J connectivity index is 2.29. The predicted octanol–water partition coefficient (Wildman–Crippen LogP) is 2.54. The summed E-state index contributed by atoms with van der Waals surface area (Å²) >= 11 is 0. The molecule has 1 amide bonds. The molecule has 17 heavy (non-hydrogen) atoms. The zero-order valence-corrected chi connectivity index (χ0v) is 11.3. The van der Waals surface area contributed by atoms with Gasteiger partial charge in [0.05, 0.1) is 0 Å². The standard InChI is InChI=1S/C13H26N2O2/c1-13(2,3)15(12(16)17)10-4-5-11-6-8-14-9-7-11/h11,14H,4-10H2,1-3H3,(H,16,17). The van der Waals surface area contributed by atoms with Gasteiger partial charge in [0, 0.05) is 12.1 Å². The maximum Gasteiger partial charge on any atom is 0.407 e. The van der Waals surface area contributed by atoms with Gasteiger partial charge in [0.2, 0.25) is 0 Å². The van der Waals surface area contributed by atoms with Gasteiger partial charge in [-0.05, 0) is 65.5 Å². The molecule has 0 spiro atoms. The van der Waals surface area contributed by atoms with Crippen molar-refractivity contribution in [1.29, 1.82) is 0 Å². The van der Waals surface area contributed by atoms with Crippen LogP contribution in [0.2, 0.25) is 0 Å². The van der Waals surface area contributed by atoms with Gasteiger partial charge in [-0.1, -0.05) is 0 Å². The Kier molecular flexibility index (Phi) is 5.25. The van der Waals surface area contributed by atoms with Crippen LogP contribution in [0.5, 0.6) is 0 Å². The van der Waals surface area contributed by atoms with E-state index in [1.165, 1.54) is 12.8 Å². The second-order valence-electron chi connectivity index (χ2n) is 5.94. The summed E-state index contributed by atoms with van der Waals surface area (Å²) in [6.07, 6.45) is 3.81. The number of hydrogen-bond acceptors (Lipinski definition) is 2. The van der Waals surface area contributed by atoms with Gasteiger partial charge in [-0.3, -0.25) is 0 Å². The number of nitrogens with zero attached hydrogens (tertiary/aromatic N) is 1. The van der Waals surface area contributed by atoms with Crippen LogP contribution in [-0.2, 0) is 0 Å². The lowest BCUT2D eigenvalue weighted by atomic mass is 9.93. The van der Waals surface area contributed by atoms with Gasteiger partial charge in [-0.25, -0.2) is 4.79 Å². The highest BCUT2D eigenvalue weighted by Gasteiger charge is 2.25. The van der Waals surface area contributed by atoms with Crippen LogP contribution in [0.15, 0.2) is 0 Å². The summed E-state index contributed by atoms with van der Waals surface area (Å²) < 4.78 is 0. The molecule has 1 aliphatic rings. The summed E-state index contributed by atoms with van der Waals surface area (Å²) in [5.74, 6) is 0.784. The van der Waals surface area contributed by atoms with Crippen LogP contribution in [0.4, 0.5) is 4.79 Å². The Hall–Kier alpha value is -0.770. The van der Waals surface area contributed by atoms with Gasteiger partial charge < -0.3 is 15.3 Å². The van der Waals surface area contributed by atoms with Crippen molar-refractivity contribution in [3.8, 4) is 0 Å². The number of carboxylic acid groups (broad SMARTS) is 1. The number of rotatable bonds is 4. The number of piperidine rings is 1. The van der Waals surface area contributed by atoms with E-state index >= 15 is 0 Å². The summed E-state index contributed by atoms with van der Waals surface area (Å²) in [4.78, 5) is 12.7. The smallest absolute Gasteiger partial charge is 0.407 e. The van der Waals surface area contributed by atoms with Crippen LogP contribution in [0.1, 0.15) is 46.5 Å². The first-order valence-corrected chi connectivity index (χ1v) is 6.62. The Bertz CT molecular complexity index is 242. The van der Waals surface area contributed by atoms with Crippen molar-refractivity contribution in [2.75, 3.05) is 19.6 Å². The highest BCUT2D eigenvalue weighted by atomic mass is 16.4. The molecule has 0 radical (unpaired) electrons. The number of nitrogens with one attached hydrogen (secondary N) is 1. The molecule has 2 N–H and O–H groups in total. The maximum atomic E-state index is 11.1. The fourth-order valence-corrected chi connectivity index (χ4v) is 2.43. The van der Waals surface area contributed by atoms with E-state index in [2.05, 4.69) is 5.32 Å². The molecule has 0 aromatic carbocycles. The summed E-state index contributed by atoms with van der Waals surface area (Å²) in [6.45, 7) is 8.74. The molecule has 100 valence electrons. The lowest BCUT2D eigenvalue weighted by Crippen LogP contribution is -2.45. The average Bonchev–Trinajstić information content (AvgIpc) is 2.23. The van der Waals surface area contributed by atoms with Crippen LogP contribution < -0.4 is 5.32 Å². The molecule has 0 aromatic rings. The molecule has 0 atom stereocenters. The van der Waals surface area contributed by atoms with Crippen molar-refractivity contribution in [3.05, 3.63) is 0 Å². The topological polar surface area (TPSA) is 52.6 Å². The first kappa shape index (κ1) is 14.3. The summed E-state index contributed by atoms with van der Waals surface area (Å²) in [7, 11) is 0. The molecule has 4 heteroatoms. The number of amides is 1. The van der Waals surface area contributed by atoms with E-state index in [9.17, 15) is 4.79 Å². The summed E-state index contributed by atoms with van der Waals surface area (Å²) in [5, 5.41) is 12.5. The molecule has 1 rings (SSSR count). The van der Waals surface area contributed by atoms with Gasteiger partial charge in [0.15, 0.2) is 0 Å². The van der Waals surface area contributed by atoms with E-state index in [1.807, 2.05) is 20.8 Å². The van der Waals surface area contributed by atoms with Crippen molar-refractivity contribution in [3.63, 3.8) is 0 Å². The summed E-state index contributed by atoms with van der Waals surface area (Å²) in [5.41, 5.74) is -0.292. The van der Waals surface area contributed by atoms with Gasteiger partial charge in [0.1, 0.15) is 0 Å². The number of hydrogen-bond donors (Lipinski definition) is 2. The molecule has 1 heterocycles. The Morgan fingerprint density at radius 2 is 1.94 bits per heavy atom. The second-order valence-corrected chi connectivity index (χ2v) is 5.94. The third kappa shape index (κ3) is 4.94. The summed E-state index contributed by atoms with van der Waals surface area (Å²) in [6, 6.07) is 0. The molecule has 1 fully saturated rings. The van der Waals surface area contributed by atoms with Crippen molar-refractivity contribution in [2.45, 2.75) is 52.0 Å². The normalized spacial score (nSPS) is 18.1. The Morgan fingerprint density at radius 1 is 1.35 bits per heavy atom. The minimum atomic E-state index is -0.803. The SMILES string of the molecule is CC(C)(C)N(CCCC1CCNCC1)C(=O)O. The molecular weight excluding hydrogens is 216 g/mol. The second kappa shape index (κ2) is 6.24. The third-order valence-electron chi connectivity index (χ3n) is 3.49. The molecule has 0 aliphatic carbocycles. The van der Waals surface area contributed by atoms with E-state index in [1.54, 1.807) is 4.90 Å². The lowest BCUT2D eigenvalue weighted by Gasteiger charge is -2.33. The highest BCUT2D eigenvalue weighted by molar-refractivity contribution is 5.65. The van der Waals surface area contributed by atoms with Gasteiger partial charge in [-0.15, -0.1) is 0 Å². The molecule has 4 nitrogen and oxygen atoms in total. The van der Waals surface area contributed by atoms with Crippen molar-refractivity contribution in [2.24, 2.45) is 5.92 Å². The van der Waals surface area contributed by atoms with Crippen LogP contribution in [0.25, 0.3) is 0 Å². The minimum absolute atomic E-state index is 0.292. The van der Waals surface area contributed by atoms with Crippen molar-refractivity contribution in [1.82, 2.24) is 10.2 Å². The van der Waals surface area contributed by atoms with E-state index < -0.39 is 6.09 Å². The van der Waals surface area contributed by atoms with E-state index in [0.29, 0.717) is 6.54 Å². The first-order valence-electron chi connectivity index (χ1n) is 6.62. The molecule has 1 aliphatic heterocycles. The van der Waals surface area contributed by atoms with Crippen LogP contribution in [0, 0.1) is 5.92 Å². The molecule has 0 aromatic heterocycles. The van der Waals surface area contributed by atoms with Crippen molar-refractivity contribution >= 4 is 6.09 Å².